The molecule has 0 aliphatic carbocycles. The molecule has 2 amide bonds. The molecule has 3 heterocycles. The maximum Gasteiger partial charge on any atom is 0.329 e. The summed E-state index contributed by atoms with van der Waals surface area (Å²) in [4.78, 5) is 44.1. The van der Waals surface area contributed by atoms with E-state index in [1.165, 1.54) is 23.3 Å². The quantitative estimate of drug-likeness (QED) is 0.533. The summed E-state index contributed by atoms with van der Waals surface area (Å²) in [6, 6.07) is -0.768. The van der Waals surface area contributed by atoms with Gasteiger partial charge < -0.3 is 24.5 Å². The lowest BCUT2D eigenvalue weighted by atomic mass is 9.94. The molecular weight excluding hydrogens is 493 g/mol. The van der Waals surface area contributed by atoms with E-state index in [1.54, 1.807) is 25.2 Å². The van der Waals surface area contributed by atoms with Crippen molar-refractivity contribution < 1.29 is 33.0 Å². The SMILES string of the molecule is CC1=C\C(O)CC(F)Cc2nc(co2)C(=O)N2CCCC2C(=O)OC(C(C)C)C(C)/C=C/C(=O)NC\C=C\1. The van der Waals surface area contributed by atoms with E-state index in [9.17, 15) is 23.9 Å². The molecular formula is C28H38FN3O6. The van der Waals surface area contributed by atoms with Crippen molar-refractivity contribution in [2.24, 2.45) is 11.8 Å². The van der Waals surface area contributed by atoms with Crippen LogP contribution in [0.1, 0.15) is 63.3 Å². The Labute approximate surface area is 222 Å². The third-order valence-corrected chi connectivity index (χ3v) is 6.66. The second-order valence-corrected chi connectivity index (χ2v) is 10.3. The van der Waals surface area contributed by atoms with Crippen LogP contribution in [0.25, 0.3) is 0 Å². The van der Waals surface area contributed by atoms with E-state index in [4.69, 9.17) is 9.15 Å². The number of halogens is 1. The molecule has 2 aliphatic heterocycles. The predicted molar refractivity (Wildman–Crippen MR) is 139 cm³/mol. The lowest BCUT2D eigenvalue weighted by Crippen LogP contribution is -2.44. The van der Waals surface area contributed by atoms with Crippen LogP contribution in [0.3, 0.4) is 0 Å². The van der Waals surface area contributed by atoms with Gasteiger partial charge in [-0.15, -0.1) is 0 Å². The molecule has 9 nitrogen and oxygen atoms in total. The second kappa shape index (κ2) is 13.5. The Balaban J connectivity index is 1.85. The van der Waals surface area contributed by atoms with Crippen LogP contribution in [0.15, 0.2) is 46.6 Å². The molecule has 1 aromatic heterocycles. The third kappa shape index (κ3) is 8.11. The average molecular weight is 532 g/mol. The van der Waals surface area contributed by atoms with Crippen molar-refractivity contribution in [1.29, 1.82) is 0 Å². The van der Waals surface area contributed by atoms with Gasteiger partial charge in [0.05, 0.1) is 12.5 Å². The second-order valence-electron chi connectivity index (χ2n) is 10.3. The Kier molecular flexibility index (Phi) is 10.4. The van der Waals surface area contributed by atoms with Crippen LogP contribution in [0, 0.1) is 11.8 Å². The number of allylic oxidation sites excluding steroid dienone is 2. The van der Waals surface area contributed by atoms with E-state index in [-0.39, 0.29) is 48.7 Å². The highest BCUT2D eigenvalue weighted by Crippen LogP contribution is 2.25. The first-order chi connectivity index (χ1) is 18.0. The van der Waals surface area contributed by atoms with Crippen LogP contribution < -0.4 is 5.32 Å². The number of esters is 1. The molecule has 5 unspecified atom stereocenters. The molecule has 3 rings (SSSR count). The normalized spacial score (nSPS) is 31.7. The molecule has 2 N–H and O–H groups in total. The molecule has 208 valence electrons. The first-order valence-electron chi connectivity index (χ1n) is 13.1. The molecule has 1 fully saturated rings. The van der Waals surface area contributed by atoms with Crippen molar-refractivity contribution in [2.45, 2.75) is 77.8 Å². The van der Waals surface area contributed by atoms with Crippen molar-refractivity contribution >= 4 is 17.8 Å². The van der Waals surface area contributed by atoms with Gasteiger partial charge in [0.1, 0.15) is 24.6 Å². The van der Waals surface area contributed by atoms with Gasteiger partial charge in [-0.3, -0.25) is 9.59 Å². The van der Waals surface area contributed by atoms with Crippen LogP contribution in [0.4, 0.5) is 4.39 Å². The molecule has 2 bridgehead atoms. The Morgan fingerprint density at radius 2 is 2.00 bits per heavy atom. The first kappa shape index (κ1) is 29.3. The van der Waals surface area contributed by atoms with Gasteiger partial charge in [-0.05, 0) is 31.8 Å². The van der Waals surface area contributed by atoms with Crippen LogP contribution in [0.2, 0.25) is 0 Å². The average Bonchev–Trinajstić information content (AvgIpc) is 3.52. The van der Waals surface area contributed by atoms with Gasteiger partial charge in [-0.2, -0.15) is 0 Å². The van der Waals surface area contributed by atoms with Gasteiger partial charge in [0, 0.05) is 25.4 Å². The van der Waals surface area contributed by atoms with Crippen LogP contribution in [-0.2, 0) is 20.7 Å². The fraction of sp³-hybridized carbons (Fsp3) is 0.571. The Hall–Kier alpha value is -3.27. The number of aliphatic hydroxyl groups is 1. The van der Waals surface area contributed by atoms with Gasteiger partial charge in [0.25, 0.3) is 5.91 Å². The fourth-order valence-corrected chi connectivity index (χ4v) is 4.74. The zero-order valence-electron chi connectivity index (χ0n) is 22.4. The van der Waals surface area contributed by atoms with Crippen LogP contribution >= 0.6 is 0 Å². The number of oxazole rings is 1. The molecule has 2 aliphatic rings. The van der Waals surface area contributed by atoms with E-state index in [0.717, 1.165) is 0 Å². The minimum Gasteiger partial charge on any atom is -0.460 e. The number of ether oxygens (including phenoxy) is 1. The molecule has 1 saturated heterocycles. The molecule has 0 aromatic carbocycles. The molecule has 10 heteroatoms. The summed E-state index contributed by atoms with van der Waals surface area (Å²) in [5.74, 6) is -1.51. The standard InChI is InChI=1S/C28H38FN3O6/c1-17(2)26-19(4)9-10-24(34)30-11-5-7-18(3)13-21(33)14-20(29)15-25-31-22(16-37-25)27(35)32-12-6-8-23(32)28(36)38-26/h5,7,9-10,13,16-17,19-21,23,26,33H,6,8,11-12,14-15H2,1-4H3,(H,30,34)/b7-5+,10-9+,18-13+. The van der Waals surface area contributed by atoms with Gasteiger partial charge >= 0.3 is 5.97 Å². The number of alkyl halides is 1. The Morgan fingerprint density at radius 3 is 2.74 bits per heavy atom. The summed E-state index contributed by atoms with van der Waals surface area (Å²) >= 11 is 0. The summed E-state index contributed by atoms with van der Waals surface area (Å²) in [7, 11) is 0. The lowest BCUT2D eigenvalue weighted by Gasteiger charge is -2.29. The highest BCUT2D eigenvalue weighted by Gasteiger charge is 2.38. The monoisotopic (exact) mass is 531 g/mol. The summed E-state index contributed by atoms with van der Waals surface area (Å²) in [6.45, 7) is 8.13. The maximum atomic E-state index is 14.6. The van der Waals surface area contributed by atoms with Gasteiger partial charge in [-0.25, -0.2) is 14.2 Å². The van der Waals surface area contributed by atoms with E-state index in [0.29, 0.717) is 25.0 Å². The number of nitrogens with zero attached hydrogens (tertiary/aromatic N) is 2. The van der Waals surface area contributed by atoms with E-state index < -0.39 is 36.3 Å². The summed E-state index contributed by atoms with van der Waals surface area (Å²) in [5, 5.41) is 13.0. The minimum absolute atomic E-state index is 0.00515. The Bertz CT molecular complexity index is 1080. The first-order valence-corrected chi connectivity index (χ1v) is 13.1. The number of aromatic nitrogens is 1. The number of carbonyl (C=O) groups is 3. The summed E-state index contributed by atoms with van der Waals surface area (Å²) < 4.78 is 25.8. The number of carbonyl (C=O) groups excluding carboxylic acids is 3. The fourth-order valence-electron chi connectivity index (χ4n) is 4.74. The number of amides is 2. The third-order valence-electron chi connectivity index (χ3n) is 6.66. The van der Waals surface area contributed by atoms with E-state index in [1.807, 2.05) is 20.8 Å². The molecule has 1 aromatic rings. The number of fused-ring (bicyclic) bond motifs is 3. The zero-order valence-corrected chi connectivity index (χ0v) is 22.4. The number of aliphatic hydroxyl groups excluding tert-OH is 1. The number of hydrogen-bond acceptors (Lipinski definition) is 7. The van der Waals surface area contributed by atoms with Gasteiger partial charge in [0.2, 0.25) is 5.91 Å². The largest absolute Gasteiger partial charge is 0.460 e. The number of cyclic esters (lactones) is 1. The van der Waals surface area contributed by atoms with E-state index in [2.05, 4.69) is 10.3 Å². The molecule has 0 saturated carbocycles. The minimum atomic E-state index is -1.45. The van der Waals surface area contributed by atoms with Crippen molar-refractivity contribution in [3.05, 3.63) is 53.8 Å². The van der Waals surface area contributed by atoms with Crippen molar-refractivity contribution in [3.8, 4) is 0 Å². The van der Waals surface area contributed by atoms with E-state index >= 15 is 0 Å². The lowest BCUT2D eigenvalue weighted by molar-refractivity contribution is -0.158. The smallest absolute Gasteiger partial charge is 0.329 e. The maximum absolute atomic E-state index is 14.6. The highest BCUT2D eigenvalue weighted by molar-refractivity contribution is 5.95. The molecule has 5 atom stereocenters. The van der Waals surface area contributed by atoms with Crippen LogP contribution in [-0.4, -0.2) is 70.3 Å². The number of hydrogen-bond donors (Lipinski definition) is 2. The predicted octanol–water partition coefficient (Wildman–Crippen LogP) is 3.30. The highest BCUT2D eigenvalue weighted by atomic mass is 19.1. The van der Waals surface area contributed by atoms with Crippen molar-refractivity contribution in [3.63, 3.8) is 0 Å². The van der Waals surface area contributed by atoms with Gasteiger partial charge in [0.15, 0.2) is 11.6 Å². The summed E-state index contributed by atoms with van der Waals surface area (Å²) in [5.41, 5.74) is 0.710. The molecule has 38 heavy (non-hydrogen) atoms. The number of rotatable bonds is 1. The number of nitrogens with one attached hydrogen (secondary N) is 1. The van der Waals surface area contributed by atoms with Crippen LogP contribution in [0.5, 0.6) is 0 Å². The topological polar surface area (TPSA) is 122 Å². The van der Waals surface area contributed by atoms with Gasteiger partial charge in [-0.1, -0.05) is 50.6 Å². The van der Waals surface area contributed by atoms with Crippen molar-refractivity contribution in [2.75, 3.05) is 13.1 Å². The molecule has 0 radical (unpaired) electrons. The Morgan fingerprint density at radius 1 is 1.24 bits per heavy atom. The summed E-state index contributed by atoms with van der Waals surface area (Å²) in [6.07, 6.45) is 7.01. The molecule has 0 spiro atoms. The van der Waals surface area contributed by atoms with Crippen molar-refractivity contribution in [1.82, 2.24) is 15.2 Å². The zero-order chi connectivity index (χ0) is 27.8.